The van der Waals surface area contributed by atoms with Crippen LogP contribution in [0.1, 0.15) is 12.6 Å². The second-order valence-electron chi connectivity index (χ2n) is 2.59. The summed E-state index contributed by atoms with van der Waals surface area (Å²) in [7, 11) is 1.77. The van der Waals surface area contributed by atoms with Crippen LogP contribution in [0.5, 0.6) is 0 Å². The molecule has 1 N–H and O–H groups in total. The highest BCUT2D eigenvalue weighted by atomic mass is 16.3. The summed E-state index contributed by atoms with van der Waals surface area (Å²) < 4.78 is 1.60. The molecule has 0 unspecified atom stereocenters. The average Bonchev–Trinajstić information content (AvgIpc) is 2.36. The molecule has 1 atom stereocenters. The zero-order valence-electron chi connectivity index (χ0n) is 6.57. The van der Waals surface area contributed by atoms with E-state index in [1.165, 1.54) is 6.92 Å². The fraction of sp³-hybridized carbons (Fsp3) is 0.375. The first-order valence-corrected chi connectivity index (χ1v) is 3.26. The minimum Gasteiger partial charge on any atom is -0.372 e. The van der Waals surface area contributed by atoms with E-state index < -0.39 is 5.60 Å². The molecule has 0 aliphatic heterocycles. The standard InChI is InChI=1S/C8H10N2O/c1-4-8(2,11)7-5-6-10(3)9-7/h1,5-6,11H,2-3H3/t8-/m0/s1. The quantitative estimate of drug-likeness (QED) is 0.583. The number of terminal acetylenes is 1. The van der Waals surface area contributed by atoms with E-state index >= 15 is 0 Å². The van der Waals surface area contributed by atoms with Gasteiger partial charge in [-0.1, -0.05) is 5.92 Å². The Balaban J connectivity index is 3.04. The van der Waals surface area contributed by atoms with Gasteiger partial charge in [-0.2, -0.15) is 5.10 Å². The summed E-state index contributed by atoms with van der Waals surface area (Å²) in [5.74, 6) is 2.25. The monoisotopic (exact) mass is 150 g/mol. The molecule has 1 rings (SSSR count). The number of nitrogens with zero attached hydrogens (tertiary/aromatic N) is 2. The van der Waals surface area contributed by atoms with Gasteiger partial charge in [-0.25, -0.2) is 0 Å². The molecular weight excluding hydrogens is 140 g/mol. The highest BCUT2D eigenvalue weighted by Gasteiger charge is 2.21. The third kappa shape index (κ3) is 1.41. The molecule has 0 fully saturated rings. The van der Waals surface area contributed by atoms with E-state index in [2.05, 4.69) is 11.0 Å². The summed E-state index contributed by atoms with van der Waals surface area (Å²) in [4.78, 5) is 0. The van der Waals surface area contributed by atoms with Crippen molar-refractivity contribution in [2.75, 3.05) is 0 Å². The van der Waals surface area contributed by atoms with Crippen LogP contribution in [-0.4, -0.2) is 14.9 Å². The van der Waals surface area contributed by atoms with Gasteiger partial charge >= 0.3 is 0 Å². The van der Waals surface area contributed by atoms with Crippen LogP contribution in [0.25, 0.3) is 0 Å². The predicted octanol–water partition coefficient (Wildman–Crippen LogP) is 0.261. The molecule has 0 amide bonds. The maximum Gasteiger partial charge on any atom is 0.166 e. The van der Waals surface area contributed by atoms with Crippen molar-refractivity contribution in [2.45, 2.75) is 12.5 Å². The molecule has 1 heterocycles. The topological polar surface area (TPSA) is 38.0 Å². The van der Waals surface area contributed by atoms with Crippen molar-refractivity contribution in [3.63, 3.8) is 0 Å². The Hall–Kier alpha value is -1.27. The summed E-state index contributed by atoms with van der Waals surface area (Å²) in [6, 6.07) is 1.69. The van der Waals surface area contributed by atoms with Gasteiger partial charge in [-0.15, -0.1) is 6.42 Å². The van der Waals surface area contributed by atoms with E-state index in [-0.39, 0.29) is 0 Å². The number of aliphatic hydroxyl groups is 1. The van der Waals surface area contributed by atoms with Crippen molar-refractivity contribution in [1.82, 2.24) is 9.78 Å². The first-order valence-electron chi connectivity index (χ1n) is 3.26. The Morgan fingerprint density at radius 1 is 1.82 bits per heavy atom. The Kier molecular flexibility index (Phi) is 1.71. The summed E-state index contributed by atoms with van der Waals surface area (Å²) in [5, 5.41) is 13.5. The van der Waals surface area contributed by atoms with Gasteiger partial charge in [-0.3, -0.25) is 4.68 Å². The number of rotatable bonds is 1. The Bertz CT molecular complexity index is 293. The highest BCUT2D eigenvalue weighted by Crippen LogP contribution is 2.15. The molecule has 0 bridgehead atoms. The zero-order chi connectivity index (χ0) is 8.48. The van der Waals surface area contributed by atoms with Gasteiger partial charge in [-0.05, 0) is 13.0 Å². The highest BCUT2D eigenvalue weighted by molar-refractivity contribution is 5.20. The number of aryl methyl sites for hydroxylation is 1. The fourth-order valence-electron chi connectivity index (χ4n) is 0.749. The molecule has 3 nitrogen and oxygen atoms in total. The van der Waals surface area contributed by atoms with Crippen LogP contribution in [0.2, 0.25) is 0 Å². The number of hydrogen-bond donors (Lipinski definition) is 1. The van der Waals surface area contributed by atoms with Crippen LogP contribution in [0.3, 0.4) is 0 Å². The van der Waals surface area contributed by atoms with Crippen LogP contribution >= 0.6 is 0 Å². The van der Waals surface area contributed by atoms with E-state index in [1.54, 1.807) is 24.0 Å². The lowest BCUT2D eigenvalue weighted by Gasteiger charge is -2.11. The lowest BCUT2D eigenvalue weighted by Crippen LogP contribution is -2.19. The van der Waals surface area contributed by atoms with Crippen molar-refractivity contribution in [1.29, 1.82) is 0 Å². The molecule has 58 valence electrons. The van der Waals surface area contributed by atoms with Gasteiger partial charge in [0.1, 0.15) is 5.69 Å². The molecule has 3 heteroatoms. The first-order chi connectivity index (χ1) is 5.06. The van der Waals surface area contributed by atoms with Gasteiger partial charge in [0.2, 0.25) is 0 Å². The zero-order valence-corrected chi connectivity index (χ0v) is 6.57. The summed E-state index contributed by atoms with van der Waals surface area (Å²) in [5.41, 5.74) is -0.746. The SMILES string of the molecule is C#C[C@](C)(O)c1ccn(C)n1. The summed E-state index contributed by atoms with van der Waals surface area (Å²) >= 11 is 0. The minimum atomic E-state index is -1.25. The number of aromatic nitrogens is 2. The Morgan fingerprint density at radius 2 is 2.45 bits per heavy atom. The third-order valence-electron chi connectivity index (χ3n) is 1.49. The van der Waals surface area contributed by atoms with Crippen LogP contribution in [-0.2, 0) is 12.6 Å². The molecule has 11 heavy (non-hydrogen) atoms. The normalized spacial score (nSPS) is 15.5. The second-order valence-corrected chi connectivity index (χ2v) is 2.59. The van der Waals surface area contributed by atoms with Crippen molar-refractivity contribution < 1.29 is 5.11 Å². The van der Waals surface area contributed by atoms with E-state index in [9.17, 15) is 5.11 Å². The van der Waals surface area contributed by atoms with Crippen LogP contribution in [0.4, 0.5) is 0 Å². The fourth-order valence-corrected chi connectivity index (χ4v) is 0.749. The van der Waals surface area contributed by atoms with Gasteiger partial charge in [0.25, 0.3) is 0 Å². The maximum absolute atomic E-state index is 9.50. The summed E-state index contributed by atoms with van der Waals surface area (Å²) in [6.45, 7) is 1.54. The van der Waals surface area contributed by atoms with Crippen molar-refractivity contribution >= 4 is 0 Å². The average molecular weight is 150 g/mol. The molecular formula is C8H10N2O. The molecule has 0 aliphatic carbocycles. The number of hydrogen-bond acceptors (Lipinski definition) is 2. The molecule has 0 aliphatic rings. The van der Waals surface area contributed by atoms with Gasteiger partial charge < -0.3 is 5.11 Å². The van der Waals surface area contributed by atoms with Gasteiger partial charge in [0.15, 0.2) is 5.60 Å². The van der Waals surface area contributed by atoms with Crippen LogP contribution in [0, 0.1) is 12.3 Å². The van der Waals surface area contributed by atoms with Crippen molar-refractivity contribution in [3.8, 4) is 12.3 Å². The van der Waals surface area contributed by atoms with E-state index in [1.807, 2.05) is 0 Å². The van der Waals surface area contributed by atoms with Crippen molar-refractivity contribution in [3.05, 3.63) is 18.0 Å². The molecule has 1 aromatic heterocycles. The van der Waals surface area contributed by atoms with Crippen molar-refractivity contribution in [2.24, 2.45) is 7.05 Å². The second kappa shape index (κ2) is 2.40. The lowest BCUT2D eigenvalue weighted by molar-refractivity contribution is 0.116. The summed E-state index contributed by atoms with van der Waals surface area (Å²) in [6.07, 6.45) is 6.84. The third-order valence-corrected chi connectivity index (χ3v) is 1.49. The van der Waals surface area contributed by atoms with Crippen LogP contribution in [0.15, 0.2) is 12.3 Å². The Morgan fingerprint density at radius 3 is 2.82 bits per heavy atom. The van der Waals surface area contributed by atoms with Gasteiger partial charge in [0.05, 0.1) is 0 Å². The van der Waals surface area contributed by atoms with E-state index in [0.717, 1.165) is 0 Å². The lowest BCUT2D eigenvalue weighted by atomic mass is 10.1. The molecule has 0 aromatic carbocycles. The van der Waals surface area contributed by atoms with Crippen LogP contribution < -0.4 is 0 Å². The molecule has 0 saturated carbocycles. The molecule has 0 saturated heterocycles. The Labute approximate surface area is 65.7 Å². The maximum atomic E-state index is 9.50. The molecule has 0 spiro atoms. The smallest absolute Gasteiger partial charge is 0.166 e. The molecule has 0 radical (unpaired) electrons. The first kappa shape index (κ1) is 7.83. The minimum absolute atomic E-state index is 0.502. The predicted molar refractivity (Wildman–Crippen MR) is 41.6 cm³/mol. The largest absolute Gasteiger partial charge is 0.372 e. The van der Waals surface area contributed by atoms with E-state index in [0.29, 0.717) is 5.69 Å². The van der Waals surface area contributed by atoms with E-state index in [4.69, 9.17) is 6.42 Å². The van der Waals surface area contributed by atoms with Gasteiger partial charge in [0, 0.05) is 13.2 Å². The molecule has 1 aromatic rings.